The minimum Gasteiger partial charge on any atom is -0.507 e. The third-order valence-corrected chi connectivity index (χ3v) is 6.09. The van der Waals surface area contributed by atoms with Crippen molar-refractivity contribution in [1.82, 2.24) is 0 Å². The van der Waals surface area contributed by atoms with Gasteiger partial charge in [0.15, 0.2) is 0 Å². The molecule has 198 valence electrons. The van der Waals surface area contributed by atoms with Gasteiger partial charge in [-0.15, -0.1) is 0 Å². The molecule has 5 rings (SSSR count). The highest BCUT2D eigenvalue weighted by Crippen LogP contribution is 2.47. The van der Waals surface area contributed by atoms with Gasteiger partial charge in [-0.2, -0.15) is 0 Å². The summed E-state index contributed by atoms with van der Waals surface area (Å²) in [6.07, 6.45) is 0. The first-order valence-corrected chi connectivity index (χ1v) is 14.2. The van der Waals surface area contributed by atoms with Crippen molar-refractivity contribution in [3.63, 3.8) is 0 Å². The van der Waals surface area contributed by atoms with Crippen LogP contribution in [0.1, 0.15) is 97.1 Å². The Balaban J connectivity index is 0.00000110. The molecular formula is C35H52O. The Bertz CT molecular complexity index is 1270. The zero-order valence-electron chi connectivity index (χ0n) is 25.9. The van der Waals surface area contributed by atoms with Gasteiger partial charge in [-0.3, -0.25) is 0 Å². The Morgan fingerprint density at radius 3 is 1.11 bits per heavy atom. The summed E-state index contributed by atoms with van der Waals surface area (Å²) < 4.78 is 0. The molecule has 5 aromatic carbocycles. The Morgan fingerprint density at radius 2 is 0.694 bits per heavy atom. The summed E-state index contributed by atoms with van der Waals surface area (Å²) in [6, 6.07) is 13.1. The first-order valence-electron chi connectivity index (χ1n) is 14.2. The number of benzene rings is 5. The quantitative estimate of drug-likeness (QED) is 0.170. The van der Waals surface area contributed by atoms with Crippen molar-refractivity contribution in [3.8, 4) is 5.75 Å². The lowest BCUT2D eigenvalue weighted by atomic mass is 9.83. The van der Waals surface area contributed by atoms with Crippen molar-refractivity contribution >= 4 is 43.1 Å². The number of aromatic hydroxyl groups is 1. The molecule has 0 saturated heterocycles. The summed E-state index contributed by atoms with van der Waals surface area (Å²) in [5.74, 6) is 0.391. The van der Waals surface area contributed by atoms with E-state index in [9.17, 15) is 5.11 Å². The van der Waals surface area contributed by atoms with Crippen LogP contribution in [0.4, 0.5) is 0 Å². The summed E-state index contributed by atoms with van der Waals surface area (Å²) in [4.78, 5) is 0. The third kappa shape index (κ3) is 5.61. The topological polar surface area (TPSA) is 20.2 Å². The lowest BCUT2D eigenvalue weighted by Crippen LogP contribution is -1.95. The van der Waals surface area contributed by atoms with Gasteiger partial charge in [0, 0.05) is 10.8 Å². The lowest BCUT2D eigenvalue weighted by Gasteiger charge is -2.21. The van der Waals surface area contributed by atoms with Crippen LogP contribution in [-0.2, 0) is 0 Å². The molecule has 1 nitrogen and oxygen atoms in total. The van der Waals surface area contributed by atoms with Crippen LogP contribution in [0.5, 0.6) is 5.75 Å². The summed E-state index contributed by atoms with van der Waals surface area (Å²) >= 11 is 0. The van der Waals surface area contributed by atoms with Gasteiger partial charge in [0.1, 0.15) is 5.75 Å². The molecule has 0 unspecified atom stereocenters. The zero-order valence-corrected chi connectivity index (χ0v) is 25.9. The maximum Gasteiger partial charge on any atom is 0.124 e. The van der Waals surface area contributed by atoms with Crippen LogP contribution >= 0.6 is 0 Å². The molecule has 0 aliphatic heterocycles. The van der Waals surface area contributed by atoms with E-state index in [0.29, 0.717) is 5.75 Å². The standard InChI is InChI=1S/C25H22O.5C2H6/c1-12-6-8-17-18-9-7-13(2)21-16(5)11-19(26)25(24(18)21)22-15(4)10-14(3)20(12)23(17)22;5*1-2/h6-11,26H,1-5H3;5*1-2H3. The number of fused-ring (bicyclic) bond motifs is 2. The van der Waals surface area contributed by atoms with Crippen LogP contribution in [0.2, 0.25) is 0 Å². The molecule has 5 aromatic rings. The smallest absolute Gasteiger partial charge is 0.124 e. The highest BCUT2D eigenvalue weighted by molar-refractivity contribution is 6.35. The molecule has 0 aliphatic carbocycles. The lowest BCUT2D eigenvalue weighted by molar-refractivity contribution is 0.482. The molecule has 1 N–H and O–H groups in total. The number of aryl methyl sites for hydroxylation is 5. The fraction of sp³-hybridized carbons (Fsp3) is 0.429. The monoisotopic (exact) mass is 488 g/mol. The molecular weight excluding hydrogens is 436 g/mol. The molecule has 0 aromatic heterocycles. The molecule has 0 atom stereocenters. The Morgan fingerprint density at radius 1 is 0.361 bits per heavy atom. The molecule has 0 saturated carbocycles. The summed E-state index contributed by atoms with van der Waals surface area (Å²) in [7, 11) is 0. The molecule has 0 bridgehead atoms. The SMILES string of the molecule is CC.CC.CC.CC.CC.Cc1ccc2c3ccc(C)c4c(C)cc(O)c(c5c(C)cc(C)c1c25)c43. The first-order chi connectivity index (χ1) is 17.4. The summed E-state index contributed by atoms with van der Waals surface area (Å²) in [5.41, 5.74) is 6.23. The number of rotatable bonds is 0. The van der Waals surface area contributed by atoms with Gasteiger partial charge >= 0.3 is 0 Å². The minimum atomic E-state index is 0.391. The zero-order chi connectivity index (χ0) is 28.3. The Hall–Kier alpha value is -2.80. The largest absolute Gasteiger partial charge is 0.507 e. The van der Waals surface area contributed by atoms with Crippen LogP contribution in [0.25, 0.3) is 43.1 Å². The Kier molecular flexibility index (Phi) is 14.1. The van der Waals surface area contributed by atoms with E-state index >= 15 is 0 Å². The van der Waals surface area contributed by atoms with Gasteiger partial charge in [-0.05, 0) is 101 Å². The van der Waals surface area contributed by atoms with Gasteiger partial charge in [-0.1, -0.05) is 99.6 Å². The van der Waals surface area contributed by atoms with Gasteiger partial charge in [0.2, 0.25) is 0 Å². The van der Waals surface area contributed by atoms with Crippen LogP contribution in [0.15, 0.2) is 36.4 Å². The van der Waals surface area contributed by atoms with E-state index in [-0.39, 0.29) is 0 Å². The minimum absolute atomic E-state index is 0.391. The summed E-state index contributed by atoms with van der Waals surface area (Å²) in [5, 5.41) is 20.8. The molecule has 0 aliphatic rings. The molecule has 0 spiro atoms. The van der Waals surface area contributed by atoms with E-state index in [1.807, 2.05) is 75.3 Å². The third-order valence-electron chi connectivity index (χ3n) is 6.09. The number of hydrogen-bond acceptors (Lipinski definition) is 1. The normalized spacial score (nSPS) is 9.64. The molecule has 0 radical (unpaired) electrons. The highest BCUT2D eigenvalue weighted by atomic mass is 16.3. The van der Waals surface area contributed by atoms with Crippen molar-refractivity contribution in [2.45, 2.75) is 104 Å². The van der Waals surface area contributed by atoms with Gasteiger partial charge in [0.25, 0.3) is 0 Å². The van der Waals surface area contributed by atoms with Crippen LogP contribution in [0, 0.1) is 34.6 Å². The molecule has 1 heteroatoms. The van der Waals surface area contributed by atoms with Crippen LogP contribution in [-0.4, -0.2) is 5.11 Å². The van der Waals surface area contributed by atoms with Crippen molar-refractivity contribution in [2.24, 2.45) is 0 Å². The van der Waals surface area contributed by atoms with E-state index in [1.54, 1.807) is 0 Å². The fourth-order valence-electron chi connectivity index (χ4n) is 5.12. The van der Waals surface area contributed by atoms with Crippen molar-refractivity contribution < 1.29 is 5.11 Å². The van der Waals surface area contributed by atoms with Crippen molar-refractivity contribution in [3.05, 3.63) is 64.2 Å². The molecule has 0 fully saturated rings. The first kappa shape index (κ1) is 33.2. The second-order valence-corrected chi connectivity index (χ2v) is 7.83. The average Bonchev–Trinajstić information content (AvgIpc) is 2.92. The van der Waals surface area contributed by atoms with Gasteiger partial charge in [0.05, 0.1) is 0 Å². The number of phenols is 1. The van der Waals surface area contributed by atoms with Crippen LogP contribution in [0.3, 0.4) is 0 Å². The molecule has 0 heterocycles. The van der Waals surface area contributed by atoms with Crippen molar-refractivity contribution in [2.75, 3.05) is 0 Å². The maximum absolute atomic E-state index is 11.0. The van der Waals surface area contributed by atoms with Gasteiger partial charge < -0.3 is 5.11 Å². The second kappa shape index (κ2) is 15.3. The average molecular weight is 489 g/mol. The maximum atomic E-state index is 11.0. The fourth-order valence-corrected chi connectivity index (χ4v) is 5.12. The van der Waals surface area contributed by atoms with E-state index in [0.717, 1.165) is 10.9 Å². The van der Waals surface area contributed by atoms with Gasteiger partial charge in [-0.25, -0.2) is 0 Å². The Labute approximate surface area is 221 Å². The molecule has 36 heavy (non-hydrogen) atoms. The number of hydrogen-bond donors (Lipinski definition) is 1. The van der Waals surface area contributed by atoms with E-state index in [4.69, 9.17) is 0 Å². The number of phenolic OH excluding ortho intramolecular Hbond substituents is 1. The van der Waals surface area contributed by atoms with Crippen molar-refractivity contribution in [1.29, 1.82) is 0 Å². The highest BCUT2D eigenvalue weighted by Gasteiger charge is 2.20. The summed E-state index contributed by atoms with van der Waals surface area (Å²) in [6.45, 7) is 30.8. The predicted molar refractivity (Wildman–Crippen MR) is 170 cm³/mol. The predicted octanol–water partition coefficient (Wildman–Crippen LogP) is 12.1. The van der Waals surface area contributed by atoms with E-state index < -0.39 is 0 Å². The van der Waals surface area contributed by atoms with E-state index in [2.05, 4.69) is 65.0 Å². The second-order valence-electron chi connectivity index (χ2n) is 7.83. The molecule has 0 amide bonds. The van der Waals surface area contributed by atoms with Crippen LogP contribution < -0.4 is 0 Å². The van der Waals surface area contributed by atoms with E-state index in [1.165, 1.54) is 60.0 Å².